The average molecular weight is 238 g/mol. The van der Waals surface area contributed by atoms with Gasteiger partial charge in [-0.1, -0.05) is 17.7 Å². The molecule has 0 saturated heterocycles. The summed E-state index contributed by atoms with van der Waals surface area (Å²) in [6.07, 6.45) is 1.35. The van der Waals surface area contributed by atoms with Crippen LogP contribution >= 0.6 is 11.6 Å². The fourth-order valence-corrected chi connectivity index (χ4v) is 1.65. The number of hydrogen-bond acceptors (Lipinski definition) is 3. The lowest BCUT2D eigenvalue weighted by molar-refractivity contribution is 0.630. The van der Waals surface area contributed by atoms with Crippen molar-refractivity contribution >= 4 is 11.6 Å². The standard InChI is InChI=1S/C11H9ClFN3/c12-8-2-1-3-9(13)11(8)10-4-7(5-14)15-6-16-10/h1-4,6H,5,14H2. The molecule has 0 bridgehead atoms. The van der Waals surface area contributed by atoms with Gasteiger partial charge in [0.1, 0.15) is 12.1 Å². The van der Waals surface area contributed by atoms with Crippen molar-refractivity contribution in [3.8, 4) is 11.3 Å². The first-order valence-electron chi connectivity index (χ1n) is 4.67. The third kappa shape index (κ3) is 2.03. The summed E-state index contributed by atoms with van der Waals surface area (Å²) in [6.45, 7) is 0.279. The maximum atomic E-state index is 13.6. The van der Waals surface area contributed by atoms with Crippen LogP contribution in [-0.4, -0.2) is 9.97 Å². The van der Waals surface area contributed by atoms with E-state index in [0.717, 1.165) is 0 Å². The molecule has 2 N–H and O–H groups in total. The lowest BCUT2D eigenvalue weighted by Gasteiger charge is -2.05. The molecule has 82 valence electrons. The van der Waals surface area contributed by atoms with Gasteiger partial charge in [0, 0.05) is 6.54 Å². The first-order chi connectivity index (χ1) is 7.72. The fourth-order valence-electron chi connectivity index (χ4n) is 1.39. The zero-order chi connectivity index (χ0) is 11.5. The first kappa shape index (κ1) is 11.0. The molecule has 1 aromatic heterocycles. The summed E-state index contributed by atoms with van der Waals surface area (Å²) >= 11 is 5.93. The molecule has 1 aromatic carbocycles. The summed E-state index contributed by atoms with van der Waals surface area (Å²) in [5, 5.41) is 0.321. The Labute approximate surface area is 97.1 Å². The summed E-state index contributed by atoms with van der Waals surface area (Å²) in [7, 11) is 0. The number of rotatable bonds is 2. The molecule has 0 spiro atoms. The molecule has 2 rings (SSSR count). The van der Waals surface area contributed by atoms with Crippen LogP contribution in [0.15, 0.2) is 30.6 Å². The number of nitrogens with zero attached hydrogens (tertiary/aromatic N) is 2. The molecule has 0 aliphatic rings. The predicted molar refractivity (Wildman–Crippen MR) is 60.3 cm³/mol. The second-order valence-electron chi connectivity index (χ2n) is 3.20. The van der Waals surface area contributed by atoms with Crippen molar-refractivity contribution in [2.75, 3.05) is 0 Å². The summed E-state index contributed by atoms with van der Waals surface area (Å²) in [4.78, 5) is 7.93. The highest BCUT2D eigenvalue weighted by Gasteiger charge is 2.11. The molecule has 0 saturated carbocycles. The summed E-state index contributed by atoms with van der Waals surface area (Å²) < 4.78 is 13.6. The van der Waals surface area contributed by atoms with Crippen molar-refractivity contribution in [3.63, 3.8) is 0 Å². The lowest BCUT2D eigenvalue weighted by Crippen LogP contribution is -2.01. The molecule has 0 aliphatic heterocycles. The highest BCUT2D eigenvalue weighted by Crippen LogP contribution is 2.28. The van der Waals surface area contributed by atoms with Crippen LogP contribution in [0.2, 0.25) is 5.02 Å². The van der Waals surface area contributed by atoms with E-state index in [1.165, 1.54) is 12.4 Å². The quantitative estimate of drug-likeness (QED) is 0.873. The van der Waals surface area contributed by atoms with Crippen LogP contribution in [0.25, 0.3) is 11.3 Å². The van der Waals surface area contributed by atoms with Crippen molar-refractivity contribution in [2.45, 2.75) is 6.54 Å². The van der Waals surface area contributed by atoms with Crippen LogP contribution in [0.4, 0.5) is 4.39 Å². The minimum atomic E-state index is -0.408. The Morgan fingerprint density at radius 3 is 2.81 bits per heavy atom. The van der Waals surface area contributed by atoms with E-state index in [1.54, 1.807) is 18.2 Å². The Morgan fingerprint density at radius 1 is 1.31 bits per heavy atom. The summed E-state index contributed by atoms with van der Waals surface area (Å²) in [6, 6.07) is 6.13. The Kier molecular flexibility index (Phi) is 3.12. The van der Waals surface area contributed by atoms with Gasteiger partial charge in [0.05, 0.1) is 22.0 Å². The number of benzene rings is 1. The van der Waals surface area contributed by atoms with E-state index < -0.39 is 5.82 Å². The predicted octanol–water partition coefficient (Wildman–Crippen LogP) is 2.39. The maximum absolute atomic E-state index is 13.6. The lowest BCUT2D eigenvalue weighted by atomic mass is 10.1. The zero-order valence-corrected chi connectivity index (χ0v) is 9.08. The molecule has 0 radical (unpaired) electrons. The Hall–Kier alpha value is -1.52. The largest absolute Gasteiger partial charge is 0.325 e. The number of aromatic nitrogens is 2. The van der Waals surface area contributed by atoms with Gasteiger partial charge in [-0.15, -0.1) is 0 Å². The Morgan fingerprint density at radius 2 is 2.12 bits per heavy atom. The topological polar surface area (TPSA) is 51.8 Å². The molecule has 2 aromatic rings. The summed E-state index contributed by atoms with van der Waals surface area (Å²) in [5.74, 6) is -0.408. The van der Waals surface area contributed by atoms with Crippen LogP contribution in [0, 0.1) is 5.82 Å². The maximum Gasteiger partial charge on any atom is 0.134 e. The zero-order valence-electron chi connectivity index (χ0n) is 8.32. The van der Waals surface area contributed by atoms with E-state index in [4.69, 9.17) is 17.3 Å². The van der Waals surface area contributed by atoms with Crippen LogP contribution < -0.4 is 5.73 Å². The third-order valence-corrected chi connectivity index (χ3v) is 2.47. The average Bonchev–Trinajstić information content (AvgIpc) is 2.29. The van der Waals surface area contributed by atoms with Gasteiger partial charge < -0.3 is 5.73 Å². The van der Waals surface area contributed by atoms with Crippen molar-refractivity contribution in [1.82, 2.24) is 9.97 Å². The van der Waals surface area contributed by atoms with Crippen LogP contribution in [0.1, 0.15) is 5.69 Å². The molecule has 0 atom stereocenters. The first-order valence-corrected chi connectivity index (χ1v) is 5.05. The van der Waals surface area contributed by atoms with E-state index in [0.29, 0.717) is 16.4 Å². The smallest absolute Gasteiger partial charge is 0.134 e. The van der Waals surface area contributed by atoms with E-state index in [9.17, 15) is 4.39 Å². The van der Waals surface area contributed by atoms with Crippen molar-refractivity contribution in [1.29, 1.82) is 0 Å². The number of hydrogen-bond donors (Lipinski definition) is 1. The van der Waals surface area contributed by atoms with Gasteiger partial charge in [-0.05, 0) is 18.2 Å². The van der Waals surface area contributed by atoms with E-state index >= 15 is 0 Å². The molecule has 1 heterocycles. The number of halogens is 2. The monoisotopic (exact) mass is 237 g/mol. The van der Waals surface area contributed by atoms with Gasteiger partial charge in [-0.3, -0.25) is 0 Å². The molecule has 5 heteroatoms. The van der Waals surface area contributed by atoms with Crippen LogP contribution in [-0.2, 0) is 6.54 Å². The molecular formula is C11H9ClFN3. The minimum Gasteiger partial charge on any atom is -0.325 e. The molecule has 0 amide bonds. The minimum absolute atomic E-state index is 0.279. The third-order valence-electron chi connectivity index (χ3n) is 2.15. The van der Waals surface area contributed by atoms with Gasteiger partial charge in [0.25, 0.3) is 0 Å². The van der Waals surface area contributed by atoms with Crippen molar-refractivity contribution < 1.29 is 4.39 Å². The molecule has 3 nitrogen and oxygen atoms in total. The molecule has 16 heavy (non-hydrogen) atoms. The second-order valence-corrected chi connectivity index (χ2v) is 3.60. The highest BCUT2D eigenvalue weighted by atomic mass is 35.5. The number of nitrogens with two attached hydrogens (primary N) is 1. The van der Waals surface area contributed by atoms with Gasteiger partial charge in [-0.25, -0.2) is 14.4 Å². The Balaban J connectivity index is 2.58. The SMILES string of the molecule is NCc1cc(-c2c(F)cccc2Cl)ncn1. The highest BCUT2D eigenvalue weighted by molar-refractivity contribution is 6.33. The Bertz CT molecular complexity index is 496. The van der Waals surface area contributed by atoms with Gasteiger partial charge >= 0.3 is 0 Å². The summed E-state index contributed by atoms with van der Waals surface area (Å²) in [5.41, 5.74) is 6.82. The van der Waals surface area contributed by atoms with Crippen LogP contribution in [0.3, 0.4) is 0 Å². The molecule has 0 unspecified atom stereocenters. The van der Waals surface area contributed by atoms with Gasteiger partial charge in [0.15, 0.2) is 0 Å². The van der Waals surface area contributed by atoms with E-state index in [1.807, 2.05) is 0 Å². The normalized spacial score (nSPS) is 10.4. The molecular weight excluding hydrogens is 229 g/mol. The fraction of sp³-hybridized carbons (Fsp3) is 0.0909. The van der Waals surface area contributed by atoms with E-state index in [2.05, 4.69) is 9.97 Å². The molecule has 0 aliphatic carbocycles. The van der Waals surface area contributed by atoms with Crippen molar-refractivity contribution in [2.24, 2.45) is 5.73 Å². The second kappa shape index (κ2) is 4.55. The van der Waals surface area contributed by atoms with E-state index in [-0.39, 0.29) is 12.1 Å². The van der Waals surface area contributed by atoms with Gasteiger partial charge in [0.2, 0.25) is 0 Å². The van der Waals surface area contributed by atoms with Crippen LogP contribution in [0.5, 0.6) is 0 Å². The van der Waals surface area contributed by atoms with Crippen molar-refractivity contribution in [3.05, 3.63) is 47.1 Å². The molecule has 0 fully saturated rings. The van der Waals surface area contributed by atoms with Gasteiger partial charge in [-0.2, -0.15) is 0 Å².